The smallest absolute Gasteiger partial charge is 0.393 e. The molecule has 42 heavy (non-hydrogen) atoms. The van der Waals surface area contributed by atoms with E-state index in [1.165, 1.54) is 17.7 Å². The Bertz CT molecular complexity index is 1440. The summed E-state index contributed by atoms with van der Waals surface area (Å²) >= 11 is 4.78. The Balaban J connectivity index is 1.44. The molecule has 12 atom stereocenters. The van der Waals surface area contributed by atoms with Gasteiger partial charge in [0.25, 0.3) is 0 Å². The summed E-state index contributed by atoms with van der Waals surface area (Å²) in [6.07, 6.45) is -10.3. The van der Waals surface area contributed by atoms with Crippen molar-refractivity contribution >= 4 is 54.2 Å². The van der Waals surface area contributed by atoms with E-state index in [-0.39, 0.29) is 5.82 Å². The van der Waals surface area contributed by atoms with Crippen LogP contribution in [-0.2, 0) is 32.0 Å². The highest BCUT2D eigenvalue weighted by Crippen LogP contribution is 2.66. The Hall–Kier alpha value is -1.34. The molecule has 17 nitrogen and oxygen atoms in total. The predicted octanol–water partition coefficient (Wildman–Crippen LogP) is -1.27. The zero-order valence-electron chi connectivity index (χ0n) is 21.1. The van der Waals surface area contributed by atoms with Crippen LogP contribution in [0.3, 0.4) is 0 Å². The Morgan fingerprint density at radius 1 is 1.24 bits per heavy atom. The van der Waals surface area contributed by atoms with Gasteiger partial charge in [-0.25, -0.2) is 23.5 Å². The van der Waals surface area contributed by atoms with Crippen LogP contribution in [-0.4, -0.2) is 108 Å². The summed E-state index contributed by atoms with van der Waals surface area (Å²) in [6, 6.07) is 0. The maximum atomic E-state index is 13.9. The monoisotopic (exact) mass is 676 g/mol. The molecule has 2 fully saturated rings. The van der Waals surface area contributed by atoms with Gasteiger partial charge in [0.05, 0.1) is 23.4 Å². The molecule has 0 aromatic carbocycles. The van der Waals surface area contributed by atoms with Crippen molar-refractivity contribution in [3.05, 3.63) is 17.3 Å². The fourth-order valence-electron chi connectivity index (χ4n) is 4.36. The molecule has 0 bridgehead atoms. The van der Waals surface area contributed by atoms with Crippen LogP contribution >= 0.6 is 38.2 Å². The van der Waals surface area contributed by atoms with Gasteiger partial charge in [0, 0.05) is 5.56 Å². The molecule has 7 unspecified atom stereocenters. The van der Waals surface area contributed by atoms with Gasteiger partial charge in [0.15, 0.2) is 12.5 Å². The number of terminal acetylenes is 1. The van der Waals surface area contributed by atoms with Crippen LogP contribution in [0.4, 0.5) is 10.2 Å². The molecule has 22 heteroatoms. The topological polar surface area (TPSA) is 279 Å². The quantitative estimate of drug-likeness (QED) is 0.0806. The first-order chi connectivity index (χ1) is 19.5. The highest BCUT2D eigenvalue weighted by Gasteiger charge is 2.55. The minimum atomic E-state index is -5.54. The van der Waals surface area contributed by atoms with Gasteiger partial charge in [0.2, 0.25) is 0 Å². The minimum Gasteiger partial charge on any atom is -0.393 e. The summed E-state index contributed by atoms with van der Waals surface area (Å²) in [5.41, 5.74) is 11.1. The first kappa shape index (κ1) is 33.6. The van der Waals surface area contributed by atoms with Gasteiger partial charge in [-0.05, 0) is 5.38 Å². The number of phosphoric acid groups is 1. The van der Waals surface area contributed by atoms with Crippen molar-refractivity contribution < 1.29 is 66.8 Å². The van der Waals surface area contributed by atoms with E-state index in [0.29, 0.717) is 15.8 Å². The Morgan fingerprint density at radius 3 is 2.57 bits per heavy atom. The lowest BCUT2D eigenvalue weighted by Crippen LogP contribution is -2.60. The molecular formula is C20H27FN4O13P2S2. The second-order valence-electron chi connectivity index (χ2n) is 9.26. The van der Waals surface area contributed by atoms with E-state index in [0.717, 1.165) is 0 Å². The number of halogens is 1. The molecule has 2 aliphatic rings. The van der Waals surface area contributed by atoms with Gasteiger partial charge >= 0.3 is 14.6 Å². The zero-order valence-corrected chi connectivity index (χ0v) is 24.6. The number of anilines is 1. The second-order valence-corrected chi connectivity index (χ2v) is 14.6. The number of hydrogen-bond donors (Lipinski definition) is 9. The van der Waals surface area contributed by atoms with E-state index in [9.17, 15) is 38.8 Å². The summed E-state index contributed by atoms with van der Waals surface area (Å²) in [7, 11) is -5.54. The van der Waals surface area contributed by atoms with Crippen molar-refractivity contribution in [2.75, 3.05) is 18.9 Å². The van der Waals surface area contributed by atoms with Crippen LogP contribution in [0, 0.1) is 12.3 Å². The van der Waals surface area contributed by atoms with E-state index in [1.54, 1.807) is 5.38 Å². The Labute approximate surface area is 245 Å². The van der Waals surface area contributed by atoms with Crippen molar-refractivity contribution in [2.45, 2.75) is 60.7 Å². The number of ether oxygens (including phenoxy) is 2. The lowest BCUT2D eigenvalue weighted by Gasteiger charge is -2.41. The zero-order chi connectivity index (χ0) is 31.2. The molecule has 0 amide bonds. The van der Waals surface area contributed by atoms with Crippen LogP contribution in [0.2, 0.25) is 0 Å². The maximum absolute atomic E-state index is 13.9. The van der Waals surface area contributed by atoms with Crippen LogP contribution < -0.4 is 11.5 Å². The molecule has 2 aromatic heterocycles. The average Bonchev–Trinajstić information content (AvgIpc) is 3.46. The van der Waals surface area contributed by atoms with E-state index in [4.69, 9.17) is 37.0 Å². The first-order valence-electron chi connectivity index (χ1n) is 11.8. The van der Waals surface area contributed by atoms with Crippen molar-refractivity contribution in [3.63, 3.8) is 0 Å². The average molecular weight is 677 g/mol. The third kappa shape index (κ3) is 6.53. The van der Waals surface area contributed by atoms with Crippen LogP contribution in [0.15, 0.2) is 11.7 Å². The van der Waals surface area contributed by atoms with Crippen LogP contribution in [0.1, 0.15) is 11.7 Å². The maximum Gasteiger partial charge on any atom is 0.482 e. The van der Waals surface area contributed by atoms with Gasteiger partial charge in [-0.1, -0.05) is 18.2 Å². The molecule has 2 aliphatic heterocycles. The highest BCUT2D eigenvalue weighted by atomic mass is 32.7. The molecule has 234 valence electrons. The molecule has 0 spiro atoms. The molecular weight excluding hydrogens is 649 g/mol. The fraction of sp³-hybridized carbons (Fsp3) is 0.600. The Kier molecular flexibility index (Phi) is 10.0. The molecule has 4 heterocycles. The predicted molar refractivity (Wildman–Crippen MR) is 144 cm³/mol. The van der Waals surface area contributed by atoms with Crippen molar-refractivity contribution in [1.29, 1.82) is 0 Å². The number of thiophene rings is 1. The summed E-state index contributed by atoms with van der Waals surface area (Å²) in [6.45, 7) is -6.82. The third-order valence-electron chi connectivity index (χ3n) is 6.51. The number of rotatable bonds is 10. The molecule has 4 rings (SSSR count). The number of aliphatic hydroxyl groups excluding tert-OH is 5. The first-order valence-corrected chi connectivity index (χ1v) is 16.8. The van der Waals surface area contributed by atoms with E-state index < -0.39 is 88.6 Å². The molecule has 2 saturated heterocycles. The number of phosphoric ester groups is 1. The van der Waals surface area contributed by atoms with Crippen LogP contribution in [0.5, 0.6) is 0 Å². The number of aromatic nitrogens is 2. The van der Waals surface area contributed by atoms with E-state index >= 15 is 0 Å². The summed E-state index contributed by atoms with van der Waals surface area (Å²) in [4.78, 5) is 18.2. The second kappa shape index (κ2) is 12.6. The highest BCUT2D eigenvalue weighted by molar-refractivity contribution is 8.45. The van der Waals surface area contributed by atoms with Crippen molar-refractivity contribution in [3.8, 4) is 12.3 Å². The van der Waals surface area contributed by atoms with Gasteiger partial charge in [-0.2, -0.15) is 4.31 Å². The van der Waals surface area contributed by atoms with E-state index in [2.05, 4.69) is 37.0 Å². The van der Waals surface area contributed by atoms with Gasteiger partial charge in [-0.3, -0.25) is 9.05 Å². The van der Waals surface area contributed by atoms with E-state index in [1.807, 2.05) is 0 Å². The molecule has 0 aliphatic carbocycles. The number of thiol groups is 1. The lowest BCUT2D eigenvalue weighted by molar-refractivity contribution is -0.287. The van der Waals surface area contributed by atoms with Gasteiger partial charge < -0.3 is 51.4 Å². The standard InChI is InChI=1S/C20H27FN4O13P2S2/c1-2-20(23)16(30)9(35-17(20)7-5-42-15-10(7)24-6-25-18(15)22)4-34-40(33,41)38-39(31,32)37-19-13(29)11(27)12(28)14(36-19)8(21)3-26/h1,5-6,8-9,11-14,16-17,19,26-30H,3-4,23H2,(H,31,32)(H,33,41)(H2,22,24,25)/t8-,9+,11?,12?,13?,14?,16+,17-,19?,20+,40?/m0/s1. The van der Waals surface area contributed by atoms with Crippen LogP contribution in [0.25, 0.3) is 10.2 Å². The summed E-state index contributed by atoms with van der Waals surface area (Å²) in [5, 5.41) is 51.3. The number of nitrogens with two attached hydrogens (primary N) is 2. The normalized spacial score (nSPS) is 37.1. The largest absolute Gasteiger partial charge is 0.482 e. The number of hydrogen-bond acceptors (Lipinski definition) is 17. The molecule has 0 saturated carbocycles. The summed E-state index contributed by atoms with van der Waals surface area (Å²) < 4.78 is 64.5. The summed E-state index contributed by atoms with van der Waals surface area (Å²) in [5.74, 6) is 2.47. The van der Waals surface area contributed by atoms with Gasteiger partial charge in [0.1, 0.15) is 60.4 Å². The molecule has 2 aromatic rings. The number of fused-ring (bicyclic) bond motifs is 1. The Morgan fingerprint density at radius 2 is 1.93 bits per heavy atom. The van der Waals surface area contributed by atoms with Crippen molar-refractivity contribution in [1.82, 2.24) is 9.97 Å². The third-order valence-corrected chi connectivity index (χ3v) is 11.1. The number of aliphatic hydroxyl groups is 5. The lowest BCUT2D eigenvalue weighted by atomic mass is 9.85. The van der Waals surface area contributed by atoms with Gasteiger partial charge in [-0.15, -0.1) is 17.8 Å². The minimum absolute atomic E-state index is 0.187. The SMILES string of the molecule is C#C[C@@]1(N)[C@H](O)[C@@H](COP(=O)(S)OP(=O)(O)OC2OC([C@@H](F)CO)C(O)C(O)C2O)O[C@H]1c1csc2c(N)ncnc12. The number of alkyl halides is 1. The fourth-order valence-corrected chi connectivity index (χ4v) is 8.48. The number of nitrogen functional groups attached to an aromatic ring is 1. The molecule has 10 N–H and O–H groups in total. The number of nitrogens with zero attached hydrogens (tertiary/aromatic N) is 2. The van der Waals surface area contributed by atoms with Crippen molar-refractivity contribution in [2.24, 2.45) is 5.73 Å². The molecule has 0 radical (unpaired) electrons.